The lowest BCUT2D eigenvalue weighted by atomic mass is 9.93. The molecule has 2 aliphatic rings. The van der Waals surface area contributed by atoms with Crippen LogP contribution in [0.5, 0.6) is 0 Å². The molecule has 1 saturated heterocycles. The number of fused-ring (bicyclic) bond motifs is 2. The monoisotopic (exact) mass is 404 g/mol. The minimum Gasteiger partial charge on any atom is -0.381 e. The summed E-state index contributed by atoms with van der Waals surface area (Å²) in [5.74, 6) is 0.261. The molecule has 4 atom stereocenters. The number of ether oxygens (including phenoxy) is 1. The number of aromatic amines is 1. The minimum absolute atomic E-state index is 0.0886. The van der Waals surface area contributed by atoms with Crippen LogP contribution >= 0.6 is 0 Å². The van der Waals surface area contributed by atoms with Crippen molar-refractivity contribution in [1.82, 2.24) is 20.6 Å². The second-order valence-electron chi connectivity index (χ2n) is 8.12. The first-order chi connectivity index (χ1) is 14.6. The molecule has 1 aliphatic heterocycles. The Hall–Kier alpha value is -3.19. The molecule has 1 aromatic carbocycles. The highest BCUT2D eigenvalue weighted by molar-refractivity contribution is 5.99. The lowest BCUT2D eigenvalue weighted by Crippen LogP contribution is -2.30. The van der Waals surface area contributed by atoms with Gasteiger partial charge in [0.1, 0.15) is 5.69 Å². The average molecular weight is 404 g/mol. The molecule has 3 aromatic rings. The zero-order valence-corrected chi connectivity index (χ0v) is 16.9. The molecule has 7 heteroatoms. The van der Waals surface area contributed by atoms with Crippen LogP contribution in [0.15, 0.2) is 42.6 Å². The molecular weight excluding hydrogens is 380 g/mol. The van der Waals surface area contributed by atoms with Crippen molar-refractivity contribution in [3.63, 3.8) is 0 Å². The highest BCUT2D eigenvalue weighted by atomic mass is 16.5. The van der Waals surface area contributed by atoms with Crippen LogP contribution in [0, 0.1) is 11.8 Å². The lowest BCUT2D eigenvalue weighted by molar-refractivity contribution is 0.0928. The van der Waals surface area contributed by atoms with E-state index >= 15 is 0 Å². The maximum Gasteiger partial charge on any atom is 0.269 e. The quantitative estimate of drug-likeness (QED) is 0.609. The molecule has 2 aromatic heterocycles. The van der Waals surface area contributed by atoms with Gasteiger partial charge in [0.15, 0.2) is 0 Å². The van der Waals surface area contributed by atoms with E-state index in [1.54, 1.807) is 19.2 Å². The van der Waals surface area contributed by atoms with Gasteiger partial charge in [-0.15, -0.1) is 0 Å². The van der Waals surface area contributed by atoms with E-state index in [0.29, 0.717) is 36.3 Å². The van der Waals surface area contributed by atoms with Crippen molar-refractivity contribution in [2.45, 2.75) is 18.9 Å². The van der Waals surface area contributed by atoms with Crippen molar-refractivity contribution in [2.75, 3.05) is 20.3 Å². The fourth-order valence-corrected chi connectivity index (χ4v) is 4.48. The molecule has 1 aliphatic carbocycles. The molecule has 2 fully saturated rings. The van der Waals surface area contributed by atoms with Crippen LogP contribution in [-0.2, 0) is 4.74 Å². The normalized spacial score (nSPS) is 23.1. The molecule has 0 radical (unpaired) electrons. The predicted octanol–water partition coefficient (Wildman–Crippen LogP) is 2.45. The van der Waals surface area contributed by atoms with Gasteiger partial charge in [0, 0.05) is 59.2 Å². The zero-order valence-electron chi connectivity index (χ0n) is 16.9. The van der Waals surface area contributed by atoms with Crippen LogP contribution in [0.1, 0.15) is 44.9 Å². The van der Waals surface area contributed by atoms with Crippen molar-refractivity contribution in [3.8, 4) is 0 Å². The van der Waals surface area contributed by atoms with Crippen molar-refractivity contribution >= 4 is 22.7 Å². The third kappa shape index (κ3) is 3.15. The van der Waals surface area contributed by atoms with Gasteiger partial charge >= 0.3 is 0 Å². The summed E-state index contributed by atoms with van der Waals surface area (Å²) in [6.07, 6.45) is 1.91. The van der Waals surface area contributed by atoms with Crippen molar-refractivity contribution in [3.05, 3.63) is 65.1 Å². The molecule has 3 N–H and O–H groups in total. The topological polar surface area (TPSA) is 96.1 Å². The molecule has 30 heavy (non-hydrogen) atoms. The number of amides is 2. The van der Waals surface area contributed by atoms with Crippen LogP contribution in [0.25, 0.3) is 10.9 Å². The van der Waals surface area contributed by atoms with E-state index in [0.717, 1.165) is 16.5 Å². The van der Waals surface area contributed by atoms with Crippen LogP contribution in [0.2, 0.25) is 0 Å². The Bertz CT molecular complexity index is 1130. The van der Waals surface area contributed by atoms with Gasteiger partial charge < -0.3 is 20.4 Å². The number of nitrogens with one attached hydrogen (secondary N) is 3. The number of carbonyl (C=O) groups excluding carboxylic acids is 2. The van der Waals surface area contributed by atoms with Crippen LogP contribution in [0.4, 0.5) is 0 Å². The van der Waals surface area contributed by atoms with Gasteiger partial charge in [0.05, 0.1) is 13.2 Å². The molecule has 2 unspecified atom stereocenters. The Labute approximate surface area is 174 Å². The Kier molecular flexibility index (Phi) is 4.55. The summed E-state index contributed by atoms with van der Waals surface area (Å²) in [6.45, 7) is 3.46. The third-order valence-electron chi connectivity index (χ3n) is 6.36. The van der Waals surface area contributed by atoms with Crippen LogP contribution < -0.4 is 10.6 Å². The van der Waals surface area contributed by atoms with E-state index in [-0.39, 0.29) is 29.5 Å². The number of aromatic nitrogens is 2. The van der Waals surface area contributed by atoms with Crippen molar-refractivity contribution in [2.24, 2.45) is 11.8 Å². The fraction of sp³-hybridized carbons (Fsp3) is 0.348. The van der Waals surface area contributed by atoms with Gasteiger partial charge in [0.2, 0.25) is 0 Å². The van der Waals surface area contributed by atoms with Crippen molar-refractivity contribution in [1.29, 1.82) is 0 Å². The summed E-state index contributed by atoms with van der Waals surface area (Å²) in [6, 6.07) is 11.6. The Morgan fingerprint density at radius 2 is 1.97 bits per heavy atom. The van der Waals surface area contributed by atoms with E-state index in [2.05, 4.69) is 26.7 Å². The van der Waals surface area contributed by atoms with E-state index in [1.807, 2.05) is 31.3 Å². The number of nitrogens with zero attached hydrogens (tertiary/aromatic N) is 1. The summed E-state index contributed by atoms with van der Waals surface area (Å²) >= 11 is 0. The fourth-order valence-electron chi connectivity index (χ4n) is 4.48. The largest absolute Gasteiger partial charge is 0.381 e. The maximum atomic E-state index is 13.0. The van der Waals surface area contributed by atoms with Gasteiger partial charge in [-0.3, -0.25) is 9.59 Å². The number of H-pyrrole nitrogens is 1. The number of rotatable bonds is 5. The second kappa shape index (κ2) is 7.25. The minimum atomic E-state index is -0.311. The lowest BCUT2D eigenvalue weighted by Gasteiger charge is -2.16. The smallest absolute Gasteiger partial charge is 0.269 e. The molecule has 154 valence electrons. The molecule has 1 saturated carbocycles. The molecule has 5 rings (SSSR count). The highest BCUT2D eigenvalue weighted by Gasteiger charge is 2.54. The van der Waals surface area contributed by atoms with E-state index in [9.17, 15) is 9.59 Å². The average Bonchev–Trinajstić information content (AvgIpc) is 3.16. The molecule has 0 bridgehead atoms. The maximum absolute atomic E-state index is 13.0. The number of carbonyl (C=O) groups is 2. The summed E-state index contributed by atoms with van der Waals surface area (Å²) in [5, 5.41) is 6.82. The molecule has 7 nitrogen and oxygen atoms in total. The van der Waals surface area contributed by atoms with Gasteiger partial charge in [-0.2, -0.15) is 0 Å². The zero-order chi connectivity index (χ0) is 20.8. The first-order valence-electron chi connectivity index (χ1n) is 10.3. The Morgan fingerprint density at radius 1 is 1.17 bits per heavy atom. The van der Waals surface area contributed by atoms with E-state index in [4.69, 9.17) is 4.74 Å². The van der Waals surface area contributed by atoms with Gasteiger partial charge in [-0.05, 0) is 29.8 Å². The Balaban J connectivity index is 1.49. The first kappa shape index (κ1) is 18.8. The summed E-state index contributed by atoms with van der Waals surface area (Å²) in [5.41, 5.74) is 3.53. The highest BCUT2D eigenvalue weighted by Crippen LogP contribution is 2.44. The van der Waals surface area contributed by atoms with Crippen LogP contribution in [-0.4, -0.2) is 48.1 Å². The molecule has 0 spiro atoms. The standard InChI is InChI=1S/C23H24N4O3/c1-12(14-4-3-5-18-15(14)6-7-25-18)19-8-13(9-20(26-19)23(29)24-2)22(28)27-21-16-10-30-11-17(16)21/h3-9,12,16-17,21,25H,10-11H2,1-2H3,(H,24,29)(H,27,28)/t12?,16-,17+,21?. The Morgan fingerprint density at radius 3 is 2.73 bits per heavy atom. The van der Waals surface area contributed by atoms with Crippen LogP contribution in [0.3, 0.4) is 0 Å². The predicted molar refractivity (Wildman–Crippen MR) is 112 cm³/mol. The van der Waals surface area contributed by atoms with Gasteiger partial charge in [-0.1, -0.05) is 19.1 Å². The number of pyridine rings is 1. The summed E-state index contributed by atoms with van der Waals surface area (Å²) < 4.78 is 5.40. The SMILES string of the molecule is CNC(=O)c1cc(C(=O)NC2[C@H]3COC[C@@H]23)cc(C(C)c2cccc3[nH]ccc23)n1. The summed E-state index contributed by atoms with van der Waals surface area (Å²) in [4.78, 5) is 33.1. The molecular formula is C23H24N4O3. The van der Waals surface area contributed by atoms with Crippen molar-refractivity contribution < 1.29 is 14.3 Å². The van der Waals surface area contributed by atoms with E-state index < -0.39 is 0 Å². The molecule has 3 heterocycles. The number of benzene rings is 1. The summed E-state index contributed by atoms with van der Waals surface area (Å²) in [7, 11) is 1.56. The van der Waals surface area contributed by atoms with Gasteiger partial charge in [-0.25, -0.2) is 4.98 Å². The van der Waals surface area contributed by atoms with E-state index in [1.165, 1.54) is 0 Å². The van der Waals surface area contributed by atoms with Gasteiger partial charge in [0.25, 0.3) is 11.8 Å². The molecule has 2 amide bonds. The second-order valence-corrected chi connectivity index (χ2v) is 8.12. The number of hydrogen-bond donors (Lipinski definition) is 3. The first-order valence-corrected chi connectivity index (χ1v) is 10.3. The number of hydrogen-bond acceptors (Lipinski definition) is 4. The third-order valence-corrected chi connectivity index (χ3v) is 6.36.